The van der Waals surface area contributed by atoms with Crippen LogP contribution in [0.25, 0.3) is 5.69 Å². The Morgan fingerprint density at radius 1 is 1.11 bits per heavy atom. The average molecular weight is 489 g/mol. The second-order valence-corrected chi connectivity index (χ2v) is 9.31. The van der Waals surface area contributed by atoms with Crippen LogP contribution in [0.4, 0.5) is 0 Å². The van der Waals surface area contributed by atoms with Gasteiger partial charge in [-0.05, 0) is 37.0 Å². The first-order valence-electron chi connectivity index (χ1n) is 11.8. The zero-order valence-corrected chi connectivity index (χ0v) is 19.5. The van der Waals surface area contributed by atoms with Crippen LogP contribution in [-0.4, -0.2) is 70.6 Å². The highest BCUT2D eigenvalue weighted by molar-refractivity contribution is 6.05. The lowest BCUT2D eigenvalue weighted by molar-refractivity contribution is -0.136. The number of nitrogens with one attached hydrogen (secondary N) is 2. The van der Waals surface area contributed by atoms with Gasteiger partial charge in [-0.3, -0.25) is 29.2 Å². The Hall–Kier alpha value is -4.42. The number of aromatic nitrogens is 6. The molecule has 0 radical (unpaired) electrons. The summed E-state index contributed by atoms with van der Waals surface area (Å²) in [6.07, 6.45) is 4.20. The van der Waals surface area contributed by atoms with Crippen molar-refractivity contribution in [2.24, 2.45) is 7.05 Å². The Kier molecular flexibility index (Phi) is 5.12. The molecule has 3 aliphatic rings. The lowest BCUT2D eigenvalue weighted by atomic mass is 9.96. The van der Waals surface area contributed by atoms with Crippen LogP contribution in [0.15, 0.2) is 24.4 Å². The molecule has 184 valence electrons. The minimum Gasteiger partial charge on any atom is -0.347 e. The van der Waals surface area contributed by atoms with Gasteiger partial charge in [0, 0.05) is 38.0 Å². The van der Waals surface area contributed by atoms with Crippen LogP contribution in [0, 0.1) is 0 Å². The summed E-state index contributed by atoms with van der Waals surface area (Å²) in [5.41, 5.74) is 3.96. The zero-order chi connectivity index (χ0) is 25.0. The van der Waals surface area contributed by atoms with E-state index in [1.807, 2.05) is 7.05 Å². The number of benzene rings is 1. The highest BCUT2D eigenvalue weighted by atomic mass is 16.2. The summed E-state index contributed by atoms with van der Waals surface area (Å²) < 4.78 is 3.21. The monoisotopic (exact) mass is 489 g/mol. The number of hydrogen-bond acceptors (Lipinski definition) is 8. The van der Waals surface area contributed by atoms with Gasteiger partial charge in [-0.2, -0.15) is 0 Å². The molecule has 0 bridgehead atoms. The van der Waals surface area contributed by atoms with Crippen LogP contribution in [0.5, 0.6) is 0 Å². The number of hydrogen-bond donors (Lipinski definition) is 2. The number of rotatable bonds is 4. The molecule has 0 saturated carbocycles. The molecule has 1 saturated heterocycles. The molecule has 0 spiro atoms. The topological polar surface area (TPSA) is 157 Å². The highest BCUT2D eigenvalue weighted by Crippen LogP contribution is 2.29. The number of aryl methyl sites for hydroxylation is 1. The first-order chi connectivity index (χ1) is 17.4. The van der Waals surface area contributed by atoms with Crippen molar-refractivity contribution in [3.8, 4) is 5.69 Å². The predicted molar refractivity (Wildman–Crippen MR) is 122 cm³/mol. The minimum absolute atomic E-state index is 0.0669. The van der Waals surface area contributed by atoms with Crippen molar-refractivity contribution in [2.75, 3.05) is 0 Å². The van der Waals surface area contributed by atoms with E-state index in [4.69, 9.17) is 0 Å². The number of carbonyl (C=O) groups excluding carboxylic acids is 4. The number of fused-ring (bicyclic) bond motifs is 2. The summed E-state index contributed by atoms with van der Waals surface area (Å²) in [6.45, 7) is 0.292. The van der Waals surface area contributed by atoms with Gasteiger partial charge in [-0.15, -0.1) is 10.2 Å². The van der Waals surface area contributed by atoms with Crippen molar-refractivity contribution in [1.29, 1.82) is 0 Å². The fourth-order valence-electron chi connectivity index (χ4n) is 5.09. The van der Waals surface area contributed by atoms with Gasteiger partial charge in [0.25, 0.3) is 11.8 Å². The molecule has 1 aromatic carbocycles. The number of piperidine rings is 1. The summed E-state index contributed by atoms with van der Waals surface area (Å²) in [7, 11) is 1.86. The molecule has 1 aliphatic carbocycles. The normalized spacial score (nSPS) is 21.2. The predicted octanol–water partition coefficient (Wildman–Crippen LogP) is -0.556. The van der Waals surface area contributed by atoms with Crippen LogP contribution in [0.2, 0.25) is 0 Å². The number of nitrogens with zero attached hydrogens (tertiary/aromatic N) is 7. The molecule has 4 amide bonds. The Labute approximate surface area is 204 Å². The second-order valence-electron chi connectivity index (χ2n) is 9.31. The zero-order valence-electron chi connectivity index (χ0n) is 19.5. The molecule has 2 aromatic heterocycles. The first-order valence-corrected chi connectivity index (χ1v) is 11.8. The largest absolute Gasteiger partial charge is 0.347 e. The van der Waals surface area contributed by atoms with E-state index in [0.29, 0.717) is 30.6 Å². The molecule has 1 fully saturated rings. The van der Waals surface area contributed by atoms with Gasteiger partial charge in [0.1, 0.15) is 6.04 Å². The fraction of sp³-hybridized carbons (Fsp3) is 0.391. The molecular formula is C23H23N9O4. The Morgan fingerprint density at radius 3 is 2.81 bits per heavy atom. The van der Waals surface area contributed by atoms with Gasteiger partial charge in [-0.25, -0.2) is 4.68 Å². The summed E-state index contributed by atoms with van der Waals surface area (Å²) in [5, 5.41) is 21.6. The van der Waals surface area contributed by atoms with Crippen LogP contribution in [0.3, 0.4) is 0 Å². The molecule has 2 atom stereocenters. The average Bonchev–Trinajstić information content (AvgIpc) is 3.57. The Balaban J connectivity index is 1.15. The molecule has 13 heteroatoms. The van der Waals surface area contributed by atoms with Crippen molar-refractivity contribution in [3.63, 3.8) is 0 Å². The third-order valence-electron chi connectivity index (χ3n) is 7.03. The van der Waals surface area contributed by atoms with E-state index in [9.17, 15) is 19.2 Å². The molecule has 3 aromatic rings. The van der Waals surface area contributed by atoms with Gasteiger partial charge in [0.15, 0.2) is 5.69 Å². The molecule has 6 rings (SSSR count). The van der Waals surface area contributed by atoms with Gasteiger partial charge < -0.3 is 10.2 Å². The quantitative estimate of drug-likeness (QED) is 0.462. The molecule has 13 nitrogen and oxygen atoms in total. The van der Waals surface area contributed by atoms with Gasteiger partial charge >= 0.3 is 0 Å². The Morgan fingerprint density at radius 2 is 1.97 bits per heavy atom. The van der Waals surface area contributed by atoms with Crippen LogP contribution < -0.4 is 10.6 Å². The van der Waals surface area contributed by atoms with Crippen molar-refractivity contribution in [3.05, 3.63) is 52.6 Å². The molecule has 2 aliphatic heterocycles. The minimum atomic E-state index is -0.676. The third kappa shape index (κ3) is 3.72. The molecule has 36 heavy (non-hydrogen) atoms. The van der Waals surface area contributed by atoms with E-state index < -0.39 is 11.9 Å². The smallest absolute Gasteiger partial charge is 0.273 e. The van der Waals surface area contributed by atoms with Gasteiger partial charge in [-0.1, -0.05) is 16.5 Å². The van der Waals surface area contributed by atoms with E-state index in [0.717, 1.165) is 29.8 Å². The SMILES string of the molecule is Cn1nnc2c1CCC(NC(=O)c1cn(-c3ccc4c(c3)C(=O)N(C3CCC(=O)NC3=O)C4)nn1)C2. The van der Waals surface area contributed by atoms with Crippen molar-refractivity contribution < 1.29 is 19.2 Å². The lowest BCUT2D eigenvalue weighted by Gasteiger charge is -2.29. The van der Waals surface area contributed by atoms with Crippen LogP contribution >= 0.6 is 0 Å². The van der Waals surface area contributed by atoms with E-state index >= 15 is 0 Å². The summed E-state index contributed by atoms with van der Waals surface area (Å²) >= 11 is 0. The first kappa shape index (κ1) is 22.1. The highest BCUT2D eigenvalue weighted by Gasteiger charge is 2.39. The summed E-state index contributed by atoms with van der Waals surface area (Å²) in [4.78, 5) is 51.1. The van der Waals surface area contributed by atoms with Gasteiger partial charge in [0.2, 0.25) is 11.8 Å². The Bertz CT molecular complexity index is 1420. The van der Waals surface area contributed by atoms with Gasteiger partial charge in [0.05, 0.1) is 23.3 Å². The van der Waals surface area contributed by atoms with Crippen LogP contribution in [0.1, 0.15) is 57.1 Å². The van der Waals surface area contributed by atoms with E-state index in [1.54, 1.807) is 22.9 Å². The molecule has 4 heterocycles. The van der Waals surface area contributed by atoms with Crippen molar-refractivity contribution in [1.82, 2.24) is 45.5 Å². The van der Waals surface area contributed by atoms with E-state index in [1.165, 1.54) is 15.8 Å². The summed E-state index contributed by atoms with van der Waals surface area (Å²) in [6, 6.07) is 4.52. The van der Waals surface area contributed by atoms with E-state index in [-0.39, 0.29) is 35.9 Å². The molecule has 2 N–H and O–H groups in total. The number of carbonyl (C=O) groups is 4. The summed E-state index contributed by atoms with van der Waals surface area (Å²) in [5.74, 6) is -1.39. The maximum atomic E-state index is 13.1. The lowest BCUT2D eigenvalue weighted by Crippen LogP contribution is -2.52. The maximum absolute atomic E-state index is 13.1. The van der Waals surface area contributed by atoms with Crippen molar-refractivity contribution >= 4 is 23.6 Å². The van der Waals surface area contributed by atoms with Crippen LogP contribution in [-0.2, 0) is 36.0 Å². The standard InChI is InChI=1S/C23H23N9O4/c1-30-18-5-3-13(8-16(18)26-28-30)24-21(34)17-11-32(29-27-17)14-4-2-12-10-31(23(36)15(12)9-14)19-6-7-20(33)25-22(19)35/h2,4,9,11,13,19H,3,5-8,10H2,1H3,(H,24,34)(H,25,33,35). The third-order valence-corrected chi connectivity index (χ3v) is 7.03. The number of imide groups is 1. The van der Waals surface area contributed by atoms with Crippen molar-refractivity contribution in [2.45, 2.75) is 50.7 Å². The molecular weight excluding hydrogens is 466 g/mol. The second kappa shape index (κ2) is 8.36. The fourth-order valence-corrected chi connectivity index (χ4v) is 5.09. The van der Waals surface area contributed by atoms with E-state index in [2.05, 4.69) is 31.3 Å². The number of amides is 4. The maximum Gasteiger partial charge on any atom is 0.273 e. The molecule has 2 unspecified atom stereocenters.